The Kier molecular flexibility index (Phi) is 5.62. The van der Waals surface area contributed by atoms with Gasteiger partial charge in [0.25, 0.3) is 5.56 Å². The van der Waals surface area contributed by atoms with Crippen LogP contribution in [0.2, 0.25) is 0 Å². The molecule has 8 heteroatoms. The van der Waals surface area contributed by atoms with Crippen LogP contribution in [0.25, 0.3) is 20.7 Å². The van der Waals surface area contributed by atoms with Crippen molar-refractivity contribution in [3.05, 3.63) is 39.6 Å². The molecule has 0 aliphatic rings. The van der Waals surface area contributed by atoms with E-state index in [9.17, 15) is 9.59 Å². The number of amides is 1. The molecule has 132 valence electrons. The number of carbonyl (C=O) groups is 1. The van der Waals surface area contributed by atoms with Crippen molar-refractivity contribution in [3.63, 3.8) is 0 Å². The average Bonchev–Trinajstić information content (AvgIpc) is 3.24. The third kappa shape index (κ3) is 3.97. The number of thiophene rings is 2. The number of hydrogen-bond acceptors (Lipinski definition) is 6. The lowest BCUT2D eigenvalue weighted by molar-refractivity contribution is -0.122. The van der Waals surface area contributed by atoms with Crippen molar-refractivity contribution in [1.82, 2.24) is 14.9 Å². The van der Waals surface area contributed by atoms with E-state index in [2.05, 4.69) is 10.3 Å². The molecular formula is C17H19N3O3S2. The predicted molar refractivity (Wildman–Crippen MR) is 101 cm³/mol. The molecule has 0 aromatic carbocycles. The van der Waals surface area contributed by atoms with Gasteiger partial charge >= 0.3 is 0 Å². The Bertz CT molecular complexity index is 915. The second-order valence-electron chi connectivity index (χ2n) is 5.73. The van der Waals surface area contributed by atoms with Crippen LogP contribution in [0.4, 0.5) is 0 Å². The second kappa shape index (κ2) is 7.90. The zero-order valence-electron chi connectivity index (χ0n) is 14.0. The third-order valence-electron chi connectivity index (χ3n) is 3.82. The van der Waals surface area contributed by atoms with Crippen LogP contribution in [-0.4, -0.2) is 35.2 Å². The molecule has 0 bridgehead atoms. The highest BCUT2D eigenvalue weighted by Crippen LogP contribution is 2.33. The number of carbonyl (C=O) groups excluding carboxylic acids is 1. The Hall–Kier alpha value is -2.03. The minimum Gasteiger partial charge on any atom is -0.385 e. The van der Waals surface area contributed by atoms with Crippen molar-refractivity contribution >= 4 is 38.8 Å². The molecule has 0 radical (unpaired) electrons. The molecule has 3 aromatic heterocycles. The van der Waals surface area contributed by atoms with Gasteiger partial charge in [-0.1, -0.05) is 6.07 Å². The smallest absolute Gasteiger partial charge is 0.263 e. The molecule has 1 atom stereocenters. The fourth-order valence-corrected chi connectivity index (χ4v) is 4.26. The largest absolute Gasteiger partial charge is 0.385 e. The van der Waals surface area contributed by atoms with E-state index >= 15 is 0 Å². The van der Waals surface area contributed by atoms with Gasteiger partial charge < -0.3 is 10.1 Å². The number of nitrogens with zero attached hydrogens (tertiary/aromatic N) is 2. The summed E-state index contributed by atoms with van der Waals surface area (Å²) < 4.78 is 6.37. The lowest BCUT2D eigenvalue weighted by Gasteiger charge is -2.13. The number of ether oxygens (including phenoxy) is 1. The number of nitrogens with one attached hydrogen (secondary N) is 1. The average molecular weight is 377 g/mol. The first kappa shape index (κ1) is 17.8. The molecule has 0 aliphatic carbocycles. The fraction of sp³-hybridized carbons (Fsp3) is 0.353. The van der Waals surface area contributed by atoms with Gasteiger partial charge in [0, 0.05) is 35.6 Å². The number of methoxy groups -OCH3 is 1. The molecule has 0 aliphatic heterocycles. The summed E-state index contributed by atoms with van der Waals surface area (Å²) in [5.41, 5.74) is 0.699. The van der Waals surface area contributed by atoms with E-state index < -0.39 is 0 Å². The molecule has 3 aromatic rings. The van der Waals surface area contributed by atoms with Gasteiger partial charge in [-0.05, 0) is 24.8 Å². The first-order chi connectivity index (χ1) is 12.1. The summed E-state index contributed by atoms with van der Waals surface area (Å²) >= 11 is 3.02. The Balaban J connectivity index is 1.83. The summed E-state index contributed by atoms with van der Waals surface area (Å²) in [7, 11) is 1.63. The van der Waals surface area contributed by atoms with Crippen LogP contribution in [-0.2, 0) is 16.1 Å². The van der Waals surface area contributed by atoms with Crippen molar-refractivity contribution in [2.75, 3.05) is 13.7 Å². The molecule has 25 heavy (non-hydrogen) atoms. The van der Waals surface area contributed by atoms with Gasteiger partial charge in [0.1, 0.15) is 11.4 Å². The normalized spacial score (nSPS) is 12.4. The van der Waals surface area contributed by atoms with Crippen LogP contribution in [0.3, 0.4) is 0 Å². The zero-order chi connectivity index (χ0) is 17.8. The lowest BCUT2D eigenvalue weighted by Crippen LogP contribution is -2.38. The summed E-state index contributed by atoms with van der Waals surface area (Å²) in [5, 5.41) is 7.37. The zero-order valence-corrected chi connectivity index (χ0v) is 15.7. The van der Waals surface area contributed by atoms with Crippen molar-refractivity contribution in [2.24, 2.45) is 0 Å². The van der Waals surface area contributed by atoms with Crippen LogP contribution in [0.15, 0.2) is 34.0 Å². The van der Waals surface area contributed by atoms with Gasteiger partial charge in [0.2, 0.25) is 5.91 Å². The maximum absolute atomic E-state index is 12.8. The minimum atomic E-state index is -0.209. The van der Waals surface area contributed by atoms with E-state index in [-0.39, 0.29) is 24.1 Å². The van der Waals surface area contributed by atoms with E-state index in [0.29, 0.717) is 16.8 Å². The van der Waals surface area contributed by atoms with Gasteiger partial charge in [-0.2, -0.15) is 0 Å². The van der Waals surface area contributed by atoms with Crippen LogP contribution >= 0.6 is 22.7 Å². The molecule has 0 saturated heterocycles. The van der Waals surface area contributed by atoms with Crippen molar-refractivity contribution < 1.29 is 9.53 Å². The topological polar surface area (TPSA) is 73.2 Å². The summed E-state index contributed by atoms with van der Waals surface area (Å²) in [6.45, 7) is 2.45. The maximum Gasteiger partial charge on any atom is 0.263 e. The Labute approximate surface area is 153 Å². The summed E-state index contributed by atoms with van der Waals surface area (Å²) in [6, 6.07) is 3.92. The van der Waals surface area contributed by atoms with E-state index in [0.717, 1.165) is 16.9 Å². The van der Waals surface area contributed by atoms with Crippen LogP contribution in [0.1, 0.15) is 13.3 Å². The Morgan fingerprint density at radius 1 is 1.44 bits per heavy atom. The maximum atomic E-state index is 12.8. The molecule has 1 amide bonds. The lowest BCUT2D eigenvalue weighted by atomic mass is 10.2. The number of rotatable bonds is 7. The molecule has 3 heterocycles. The van der Waals surface area contributed by atoms with Gasteiger partial charge in [-0.25, -0.2) is 4.98 Å². The number of fused-ring (bicyclic) bond motifs is 1. The highest BCUT2D eigenvalue weighted by molar-refractivity contribution is 7.18. The van der Waals surface area contributed by atoms with E-state index in [1.165, 1.54) is 22.2 Å². The fourth-order valence-electron chi connectivity index (χ4n) is 2.54. The Morgan fingerprint density at radius 3 is 3.00 bits per heavy atom. The SMILES string of the molecule is COCCC(C)NC(=O)Cn1cnc2scc(-c3cccs3)c2c1=O. The second-order valence-corrected chi connectivity index (χ2v) is 7.54. The molecule has 1 unspecified atom stereocenters. The molecule has 1 N–H and O–H groups in total. The highest BCUT2D eigenvalue weighted by Gasteiger charge is 2.15. The van der Waals surface area contributed by atoms with E-state index in [1.54, 1.807) is 18.4 Å². The standard InChI is InChI=1S/C17H19N3O3S2/c1-11(5-6-23-2)19-14(21)8-20-10-18-16-15(17(20)22)12(9-25-16)13-4-3-7-24-13/h3-4,7,9-11H,5-6,8H2,1-2H3,(H,19,21). The van der Waals surface area contributed by atoms with E-state index in [4.69, 9.17) is 4.74 Å². The third-order valence-corrected chi connectivity index (χ3v) is 5.61. The van der Waals surface area contributed by atoms with Crippen LogP contribution < -0.4 is 10.9 Å². The van der Waals surface area contributed by atoms with Gasteiger partial charge in [0.15, 0.2) is 0 Å². The number of aromatic nitrogens is 2. The highest BCUT2D eigenvalue weighted by atomic mass is 32.1. The van der Waals surface area contributed by atoms with Crippen molar-refractivity contribution in [3.8, 4) is 10.4 Å². The summed E-state index contributed by atoms with van der Waals surface area (Å²) in [6.07, 6.45) is 2.17. The van der Waals surface area contributed by atoms with Gasteiger partial charge in [0.05, 0.1) is 11.7 Å². The van der Waals surface area contributed by atoms with E-state index in [1.807, 2.05) is 29.8 Å². The molecule has 3 rings (SSSR count). The quantitative estimate of drug-likeness (QED) is 0.687. The Morgan fingerprint density at radius 2 is 2.28 bits per heavy atom. The molecule has 6 nitrogen and oxygen atoms in total. The summed E-state index contributed by atoms with van der Waals surface area (Å²) in [4.78, 5) is 31.1. The summed E-state index contributed by atoms with van der Waals surface area (Å²) in [5.74, 6) is -0.209. The molecule has 0 saturated carbocycles. The van der Waals surface area contributed by atoms with Gasteiger partial charge in [-0.3, -0.25) is 14.2 Å². The number of hydrogen-bond donors (Lipinski definition) is 1. The van der Waals surface area contributed by atoms with Gasteiger partial charge in [-0.15, -0.1) is 22.7 Å². The first-order valence-electron chi connectivity index (χ1n) is 7.89. The first-order valence-corrected chi connectivity index (χ1v) is 9.65. The van der Waals surface area contributed by atoms with Crippen LogP contribution in [0.5, 0.6) is 0 Å². The monoisotopic (exact) mass is 377 g/mol. The molecule has 0 fully saturated rings. The van der Waals surface area contributed by atoms with Crippen molar-refractivity contribution in [1.29, 1.82) is 0 Å². The minimum absolute atomic E-state index is 0.0114. The predicted octanol–water partition coefficient (Wildman–Crippen LogP) is 2.73. The molecule has 0 spiro atoms. The van der Waals surface area contributed by atoms with Crippen LogP contribution in [0, 0.1) is 0 Å². The molecular weight excluding hydrogens is 358 g/mol. The van der Waals surface area contributed by atoms with Crippen molar-refractivity contribution in [2.45, 2.75) is 25.9 Å².